The molecule has 0 saturated carbocycles. The summed E-state index contributed by atoms with van der Waals surface area (Å²) in [4.78, 5) is 8.42. The average molecular weight is 484 g/mol. The molecule has 0 bridgehead atoms. The summed E-state index contributed by atoms with van der Waals surface area (Å²) in [6.07, 6.45) is 1.35. The highest BCUT2D eigenvalue weighted by Gasteiger charge is 2.14. The first kappa shape index (κ1) is 21.3. The molecule has 10 heteroatoms. The molecule has 154 valence electrons. The van der Waals surface area contributed by atoms with Crippen LogP contribution in [0.25, 0.3) is 10.9 Å². The largest absolute Gasteiger partial charge is 0.493 e. The van der Waals surface area contributed by atoms with Gasteiger partial charge in [-0.3, -0.25) is 0 Å². The third-order valence-electron chi connectivity index (χ3n) is 4.20. The van der Waals surface area contributed by atoms with Crippen molar-refractivity contribution < 1.29 is 22.3 Å². The highest BCUT2D eigenvalue weighted by Crippen LogP contribution is 2.35. The summed E-state index contributed by atoms with van der Waals surface area (Å²) in [7, 11) is -1.67. The number of nitrogens with one attached hydrogen (secondary N) is 1. The first-order valence-corrected chi connectivity index (χ1v) is 11.3. The maximum atomic E-state index is 14.2. The Labute approximate surface area is 176 Å². The van der Waals surface area contributed by atoms with E-state index in [1.165, 1.54) is 19.5 Å². The maximum absolute atomic E-state index is 14.2. The van der Waals surface area contributed by atoms with Gasteiger partial charge in [0.25, 0.3) is 0 Å². The maximum Gasteiger partial charge on any atom is 0.163 e. The van der Waals surface area contributed by atoms with Crippen molar-refractivity contribution in [2.24, 2.45) is 0 Å². The molecule has 29 heavy (non-hydrogen) atoms. The van der Waals surface area contributed by atoms with E-state index in [1.54, 1.807) is 31.2 Å². The lowest BCUT2D eigenvalue weighted by atomic mass is 10.2. The van der Waals surface area contributed by atoms with Gasteiger partial charge in [-0.15, -0.1) is 0 Å². The molecular formula is C19H19BrFN3O4S. The molecular weight excluding hydrogens is 465 g/mol. The van der Waals surface area contributed by atoms with E-state index in [1.807, 2.05) is 0 Å². The number of benzene rings is 2. The van der Waals surface area contributed by atoms with Crippen LogP contribution in [0.1, 0.15) is 6.92 Å². The molecule has 0 unspecified atom stereocenters. The van der Waals surface area contributed by atoms with Crippen LogP contribution in [0.15, 0.2) is 41.1 Å². The summed E-state index contributed by atoms with van der Waals surface area (Å²) in [5.41, 5.74) is 0.798. The molecule has 0 amide bonds. The van der Waals surface area contributed by atoms with Gasteiger partial charge in [-0.1, -0.05) is 22.9 Å². The third-order valence-corrected chi connectivity index (χ3v) is 6.36. The van der Waals surface area contributed by atoms with Gasteiger partial charge in [-0.2, -0.15) is 0 Å². The lowest BCUT2D eigenvalue weighted by Gasteiger charge is -2.14. The number of rotatable bonds is 8. The van der Waals surface area contributed by atoms with E-state index in [2.05, 4.69) is 31.2 Å². The van der Waals surface area contributed by atoms with Crippen LogP contribution >= 0.6 is 15.9 Å². The molecule has 7 nitrogen and oxygen atoms in total. The third kappa shape index (κ3) is 5.13. The molecule has 3 aromatic rings. The zero-order valence-corrected chi connectivity index (χ0v) is 18.2. The Morgan fingerprint density at radius 2 is 1.97 bits per heavy atom. The van der Waals surface area contributed by atoms with Crippen molar-refractivity contribution in [3.05, 3.63) is 46.9 Å². The van der Waals surface area contributed by atoms with Gasteiger partial charge in [0.05, 0.1) is 24.1 Å². The SMILES string of the molecule is CCS(=O)(=O)CCOc1cc2ncnc(Nc3ccc(Br)cc3F)c2cc1OC. The smallest absolute Gasteiger partial charge is 0.163 e. The minimum Gasteiger partial charge on any atom is -0.493 e. The van der Waals surface area contributed by atoms with Crippen molar-refractivity contribution in [1.82, 2.24) is 9.97 Å². The highest BCUT2D eigenvalue weighted by atomic mass is 79.9. The Bertz CT molecular complexity index is 1140. The van der Waals surface area contributed by atoms with Gasteiger partial charge in [0, 0.05) is 21.7 Å². The summed E-state index contributed by atoms with van der Waals surface area (Å²) >= 11 is 3.22. The number of aromatic nitrogens is 2. The van der Waals surface area contributed by atoms with Gasteiger partial charge < -0.3 is 14.8 Å². The second-order valence-corrected chi connectivity index (χ2v) is 9.46. The number of nitrogens with zero attached hydrogens (tertiary/aromatic N) is 2. The van der Waals surface area contributed by atoms with Gasteiger partial charge in [-0.05, 0) is 24.3 Å². The van der Waals surface area contributed by atoms with Crippen LogP contribution in [-0.2, 0) is 9.84 Å². The Balaban J connectivity index is 1.92. The molecule has 0 aliphatic heterocycles. The first-order valence-electron chi connectivity index (χ1n) is 8.71. The van der Waals surface area contributed by atoms with Crippen molar-refractivity contribution in [1.29, 1.82) is 0 Å². The number of sulfone groups is 1. The molecule has 0 fully saturated rings. The molecule has 0 aliphatic carbocycles. The first-order chi connectivity index (χ1) is 13.8. The standard InChI is InChI=1S/C19H19BrFN3O4S/c1-3-29(25,26)7-6-28-18-10-16-13(9-17(18)27-2)19(23-11-22-16)24-15-5-4-12(20)8-14(15)21/h4-5,8-11H,3,6-7H2,1-2H3,(H,22,23,24). The number of methoxy groups -OCH3 is 1. The highest BCUT2D eigenvalue weighted by molar-refractivity contribution is 9.10. The minimum atomic E-state index is -3.14. The summed E-state index contributed by atoms with van der Waals surface area (Å²) in [6, 6.07) is 7.96. The van der Waals surface area contributed by atoms with Gasteiger partial charge in [-0.25, -0.2) is 22.8 Å². The van der Waals surface area contributed by atoms with Crippen LogP contribution in [0.3, 0.4) is 0 Å². The quantitative estimate of drug-likeness (QED) is 0.515. The van der Waals surface area contributed by atoms with E-state index in [0.717, 1.165) is 0 Å². The number of anilines is 2. The fourth-order valence-electron chi connectivity index (χ4n) is 2.58. The van der Waals surface area contributed by atoms with Crippen LogP contribution in [0, 0.1) is 5.82 Å². The second-order valence-electron chi connectivity index (χ2n) is 6.08. The van der Waals surface area contributed by atoms with Crippen LogP contribution in [-0.4, -0.2) is 43.6 Å². The van der Waals surface area contributed by atoms with Crippen LogP contribution in [0.2, 0.25) is 0 Å². The Kier molecular flexibility index (Phi) is 6.53. The van der Waals surface area contributed by atoms with E-state index in [0.29, 0.717) is 32.7 Å². The van der Waals surface area contributed by atoms with Gasteiger partial charge in [0.2, 0.25) is 0 Å². The van der Waals surface area contributed by atoms with Crippen molar-refractivity contribution in [3.63, 3.8) is 0 Å². The minimum absolute atomic E-state index is 0.00165. The monoisotopic (exact) mass is 483 g/mol. The molecule has 0 spiro atoms. The van der Waals surface area contributed by atoms with E-state index in [4.69, 9.17) is 9.47 Å². The van der Waals surface area contributed by atoms with E-state index in [-0.39, 0.29) is 23.8 Å². The molecule has 0 aliphatic rings. The summed E-state index contributed by atoms with van der Waals surface area (Å²) in [6.45, 7) is 1.59. The van der Waals surface area contributed by atoms with Crippen LogP contribution < -0.4 is 14.8 Å². The zero-order valence-electron chi connectivity index (χ0n) is 15.8. The Hall–Kier alpha value is -2.46. The van der Waals surface area contributed by atoms with E-state index >= 15 is 0 Å². The molecule has 0 saturated heterocycles. The predicted molar refractivity (Wildman–Crippen MR) is 113 cm³/mol. The molecule has 1 N–H and O–H groups in total. The summed E-state index contributed by atoms with van der Waals surface area (Å²) in [5.74, 6) is 0.681. The Morgan fingerprint density at radius 1 is 1.17 bits per heavy atom. The van der Waals surface area contributed by atoms with Crippen molar-refractivity contribution in [3.8, 4) is 11.5 Å². The topological polar surface area (TPSA) is 90.4 Å². The lowest BCUT2D eigenvalue weighted by Crippen LogP contribution is -2.15. The van der Waals surface area contributed by atoms with Crippen molar-refractivity contribution in [2.75, 3.05) is 30.5 Å². The molecule has 1 aromatic heterocycles. The zero-order chi connectivity index (χ0) is 21.0. The van der Waals surface area contributed by atoms with E-state index in [9.17, 15) is 12.8 Å². The van der Waals surface area contributed by atoms with Crippen LogP contribution in [0.5, 0.6) is 11.5 Å². The number of fused-ring (bicyclic) bond motifs is 1. The lowest BCUT2D eigenvalue weighted by molar-refractivity contribution is 0.312. The number of halogens is 2. The Morgan fingerprint density at radius 3 is 2.66 bits per heavy atom. The van der Waals surface area contributed by atoms with Crippen LogP contribution in [0.4, 0.5) is 15.9 Å². The van der Waals surface area contributed by atoms with Gasteiger partial charge >= 0.3 is 0 Å². The molecule has 1 heterocycles. The van der Waals surface area contributed by atoms with Crippen molar-refractivity contribution >= 4 is 48.2 Å². The number of ether oxygens (including phenoxy) is 2. The fraction of sp³-hybridized carbons (Fsp3) is 0.263. The van der Waals surface area contributed by atoms with Crippen molar-refractivity contribution in [2.45, 2.75) is 6.92 Å². The fourth-order valence-corrected chi connectivity index (χ4v) is 3.54. The predicted octanol–water partition coefficient (Wildman–Crippen LogP) is 4.10. The van der Waals surface area contributed by atoms with Gasteiger partial charge in [0.15, 0.2) is 21.3 Å². The second kappa shape index (κ2) is 8.91. The van der Waals surface area contributed by atoms with Gasteiger partial charge in [0.1, 0.15) is 24.6 Å². The molecule has 0 atom stereocenters. The number of hydrogen-bond donors (Lipinski definition) is 1. The molecule has 0 radical (unpaired) electrons. The molecule has 3 rings (SSSR count). The average Bonchev–Trinajstić information content (AvgIpc) is 2.69. The molecule has 2 aromatic carbocycles. The summed E-state index contributed by atoms with van der Waals surface area (Å²) in [5, 5.41) is 3.56. The normalized spacial score (nSPS) is 11.4. The van der Waals surface area contributed by atoms with E-state index < -0.39 is 15.7 Å². The summed E-state index contributed by atoms with van der Waals surface area (Å²) < 4.78 is 49.1. The number of hydrogen-bond acceptors (Lipinski definition) is 7.